The van der Waals surface area contributed by atoms with E-state index in [0.717, 1.165) is 22.0 Å². The van der Waals surface area contributed by atoms with Crippen LogP contribution >= 0.6 is 0 Å². The normalized spacial score (nSPS) is 10.7. The Morgan fingerprint density at radius 1 is 0.955 bits per heavy atom. The summed E-state index contributed by atoms with van der Waals surface area (Å²) in [6, 6.07) is 11.0. The minimum absolute atomic E-state index is 0.163. The number of pyridine rings is 1. The van der Waals surface area contributed by atoms with Crippen molar-refractivity contribution in [1.29, 1.82) is 0 Å². The van der Waals surface area contributed by atoms with Gasteiger partial charge in [-0.2, -0.15) is 0 Å². The van der Waals surface area contributed by atoms with E-state index in [-0.39, 0.29) is 5.75 Å². The molecule has 22 heavy (non-hydrogen) atoms. The minimum Gasteiger partial charge on any atom is -0.497 e. The van der Waals surface area contributed by atoms with E-state index in [2.05, 4.69) is 4.98 Å². The smallest absolute Gasteiger partial charge is 0.173 e. The second kappa shape index (κ2) is 5.64. The van der Waals surface area contributed by atoms with Crippen LogP contribution in [0.3, 0.4) is 0 Å². The first kappa shape index (κ1) is 14.3. The zero-order chi connectivity index (χ0) is 15.7. The summed E-state index contributed by atoms with van der Waals surface area (Å²) >= 11 is 0. The first-order valence-electron chi connectivity index (χ1n) is 6.90. The summed E-state index contributed by atoms with van der Waals surface area (Å²) < 4.78 is 24.8. The van der Waals surface area contributed by atoms with Crippen molar-refractivity contribution in [3.05, 3.63) is 54.1 Å². The Bertz CT molecular complexity index is 846. The van der Waals surface area contributed by atoms with Gasteiger partial charge in [-0.1, -0.05) is 12.1 Å². The zero-order valence-electron chi connectivity index (χ0n) is 12.7. The van der Waals surface area contributed by atoms with Gasteiger partial charge in [-0.05, 0) is 36.1 Å². The Kier molecular flexibility index (Phi) is 3.67. The van der Waals surface area contributed by atoms with E-state index >= 15 is 0 Å². The van der Waals surface area contributed by atoms with Gasteiger partial charge in [0.2, 0.25) is 0 Å². The summed E-state index contributed by atoms with van der Waals surface area (Å²) in [5, 5.41) is 2.04. The van der Waals surface area contributed by atoms with Gasteiger partial charge in [0.25, 0.3) is 0 Å². The second-order valence-electron chi connectivity index (χ2n) is 5.08. The largest absolute Gasteiger partial charge is 0.497 e. The molecule has 0 bridgehead atoms. The molecule has 4 heteroatoms. The van der Waals surface area contributed by atoms with Crippen LogP contribution in [-0.4, -0.2) is 19.2 Å². The monoisotopic (exact) mass is 297 g/mol. The highest BCUT2D eigenvalue weighted by atomic mass is 19.1. The molecule has 1 aromatic heterocycles. The third kappa shape index (κ3) is 2.48. The molecule has 0 aliphatic rings. The molecule has 3 rings (SSSR count). The molecule has 0 radical (unpaired) electrons. The molecule has 0 spiro atoms. The topological polar surface area (TPSA) is 31.4 Å². The first-order chi connectivity index (χ1) is 10.6. The number of benzene rings is 2. The van der Waals surface area contributed by atoms with Gasteiger partial charge in [0, 0.05) is 28.9 Å². The number of hydrogen-bond donors (Lipinski definition) is 0. The molecular weight excluding hydrogens is 281 g/mol. The molecule has 0 fully saturated rings. The van der Waals surface area contributed by atoms with E-state index in [1.807, 2.05) is 31.2 Å². The second-order valence-corrected chi connectivity index (χ2v) is 5.08. The molecule has 0 saturated heterocycles. The van der Waals surface area contributed by atoms with Gasteiger partial charge in [0.15, 0.2) is 11.6 Å². The Balaban J connectivity index is 2.20. The maximum Gasteiger partial charge on any atom is 0.173 e. The highest BCUT2D eigenvalue weighted by Gasteiger charge is 2.14. The van der Waals surface area contributed by atoms with Crippen LogP contribution in [0.15, 0.2) is 42.6 Å². The molecule has 2 aromatic carbocycles. The van der Waals surface area contributed by atoms with Crippen molar-refractivity contribution in [1.82, 2.24) is 4.98 Å². The summed E-state index contributed by atoms with van der Waals surface area (Å²) in [4.78, 5) is 4.29. The van der Waals surface area contributed by atoms with E-state index in [1.165, 1.54) is 13.2 Å². The number of aromatic nitrogens is 1. The van der Waals surface area contributed by atoms with Gasteiger partial charge < -0.3 is 9.47 Å². The van der Waals surface area contributed by atoms with Gasteiger partial charge in [-0.3, -0.25) is 4.98 Å². The fraction of sp³-hybridized carbons (Fsp3) is 0.167. The third-order valence-electron chi connectivity index (χ3n) is 3.64. The molecule has 0 aliphatic carbocycles. The van der Waals surface area contributed by atoms with E-state index in [1.54, 1.807) is 19.4 Å². The molecule has 0 unspecified atom stereocenters. The quantitative estimate of drug-likeness (QED) is 0.719. The van der Waals surface area contributed by atoms with Crippen LogP contribution in [0.2, 0.25) is 0 Å². The molecular formula is C18H16FNO2. The molecule has 0 aliphatic heterocycles. The Morgan fingerprint density at radius 2 is 1.77 bits per heavy atom. The van der Waals surface area contributed by atoms with E-state index in [4.69, 9.17) is 9.47 Å². The lowest BCUT2D eigenvalue weighted by molar-refractivity contribution is 0.375. The van der Waals surface area contributed by atoms with Crippen LogP contribution in [0.4, 0.5) is 4.39 Å². The van der Waals surface area contributed by atoms with Crippen LogP contribution in [0.25, 0.3) is 21.9 Å². The third-order valence-corrected chi connectivity index (χ3v) is 3.64. The number of ether oxygens (including phenoxy) is 2. The van der Waals surface area contributed by atoms with Crippen molar-refractivity contribution >= 4 is 10.8 Å². The van der Waals surface area contributed by atoms with Crippen LogP contribution in [0.5, 0.6) is 11.5 Å². The Morgan fingerprint density at radius 3 is 2.50 bits per heavy atom. The molecule has 112 valence electrons. The lowest BCUT2D eigenvalue weighted by Crippen LogP contribution is -1.94. The summed E-state index contributed by atoms with van der Waals surface area (Å²) in [6.07, 6.45) is 1.80. The molecule has 3 aromatic rings. The predicted octanol–water partition coefficient (Wildman–Crippen LogP) is 4.37. The summed E-state index contributed by atoms with van der Waals surface area (Å²) in [6.45, 7) is 1.94. The van der Waals surface area contributed by atoms with Crippen LogP contribution in [-0.2, 0) is 0 Å². The average molecular weight is 297 g/mol. The van der Waals surface area contributed by atoms with E-state index < -0.39 is 5.82 Å². The van der Waals surface area contributed by atoms with Crippen LogP contribution < -0.4 is 9.47 Å². The maximum absolute atomic E-state index is 14.5. The van der Waals surface area contributed by atoms with Crippen molar-refractivity contribution in [3.63, 3.8) is 0 Å². The number of nitrogens with zero attached hydrogens (tertiary/aromatic N) is 1. The maximum atomic E-state index is 14.5. The predicted molar refractivity (Wildman–Crippen MR) is 85.0 cm³/mol. The first-order valence-corrected chi connectivity index (χ1v) is 6.90. The standard InChI is InChI=1S/C18H16FNO2/c1-11-6-12-4-5-13(7-14(12)10-20-11)16-8-15(21-2)9-17(22-3)18(16)19/h4-10H,1-3H3. The molecule has 1 heterocycles. The van der Waals surface area contributed by atoms with Crippen molar-refractivity contribution in [2.45, 2.75) is 6.92 Å². The zero-order valence-corrected chi connectivity index (χ0v) is 12.7. The molecule has 0 saturated carbocycles. The lowest BCUT2D eigenvalue weighted by Gasteiger charge is -2.11. The minimum atomic E-state index is -0.400. The van der Waals surface area contributed by atoms with Gasteiger partial charge in [0.1, 0.15) is 5.75 Å². The Hall–Kier alpha value is -2.62. The molecule has 0 N–H and O–H groups in total. The molecule has 0 atom stereocenters. The number of halogens is 1. The molecule has 0 amide bonds. The number of methoxy groups -OCH3 is 2. The summed E-state index contributed by atoms with van der Waals surface area (Å²) in [5.74, 6) is 0.314. The van der Waals surface area contributed by atoms with Gasteiger partial charge in [-0.25, -0.2) is 4.39 Å². The van der Waals surface area contributed by atoms with E-state index in [0.29, 0.717) is 11.3 Å². The van der Waals surface area contributed by atoms with Crippen molar-refractivity contribution < 1.29 is 13.9 Å². The average Bonchev–Trinajstić information content (AvgIpc) is 2.54. The summed E-state index contributed by atoms with van der Waals surface area (Å²) in [7, 11) is 2.98. The summed E-state index contributed by atoms with van der Waals surface area (Å²) in [5.41, 5.74) is 2.15. The van der Waals surface area contributed by atoms with Crippen molar-refractivity contribution in [3.8, 4) is 22.6 Å². The van der Waals surface area contributed by atoms with Gasteiger partial charge in [0.05, 0.1) is 14.2 Å². The number of fused-ring (bicyclic) bond motifs is 1. The molecule has 3 nitrogen and oxygen atoms in total. The highest BCUT2D eigenvalue weighted by Crippen LogP contribution is 2.35. The number of rotatable bonds is 3. The highest BCUT2D eigenvalue weighted by molar-refractivity contribution is 5.87. The fourth-order valence-electron chi connectivity index (χ4n) is 2.47. The number of aryl methyl sites for hydroxylation is 1. The van der Waals surface area contributed by atoms with Gasteiger partial charge >= 0.3 is 0 Å². The van der Waals surface area contributed by atoms with Crippen LogP contribution in [0, 0.1) is 12.7 Å². The lowest BCUT2D eigenvalue weighted by atomic mass is 10.0. The number of hydrogen-bond acceptors (Lipinski definition) is 3. The van der Waals surface area contributed by atoms with Crippen molar-refractivity contribution in [2.24, 2.45) is 0 Å². The SMILES string of the molecule is COc1cc(OC)c(F)c(-c2ccc3cc(C)ncc3c2)c1. The fourth-order valence-corrected chi connectivity index (χ4v) is 2.47. The Labute approximate surface area is 128 Å². The van der Waals surface area contributed by atoms with E-state index in [9.17, 15) is 4.39 Å². The van der Waals surface area contributed by atoms with Crippen LogP contribution in [0.1, 0.15) is 5.69 Å². The van der Waals surface area contributed by atoms with Crippen molar-refractivity contribution in [2.75, 3.05) is 14.2 Å². The van der Waals surface area contributed by atoms with Gasteiger partial charge in [-0.15, -0.1) is 0 Å².